The maximum atomic E-state index is 12.8. The second-order valence-corrected chi connectivity index (χ2v) is 11.9. The summed E-state index contributed by atoms with van der Waals surface area (Å²) in [6.45, 7) is 3.89. The highest BCUT2D eigenvalue weighted by Crippen LogP contribution is 2.30. The van der Waals surface area contributed by atoms with Crippen molar-refractivity contribution in [1.82, 2.24) is 24.2 Å². The number of anilines is 5. The van der Waals surface area contributed by atoms with Gasteiger partial charge in [-0.2, -0.15) is 4.98 Å². The van der Waals surface area contributed by atoms with E-state index in [0.717, 1.165) is 47.4 Å². The van der Waals surface area contributed by atoms with Crippen molar-refractivity contribution in [3.05, 3.63) is 53.3 Å². The molecular formula is C25H33ClN8O2S. The summed E-state index contributed by atoms with van der Waals surface area (Å²) < 4.78 is 26.7. The molecule has 0 spiro atoms. The lowest BCUT2D eigenvalue weighted by molar-refractivity contribution is 0.249. The van der Waals surface area contributed by atoms with Crippen LogP contribution in [0.5, 0.6) is 0 Å². The van der Waals surface area contributed by atoms with E-state index < -0.39 is 10.0 Å². The molecule has 12 heteroatoms. The summed E-state index contributed by atoms with van der Waals surface area (Å²) in [6, 6.07) is 11.2. The van der Waals surface area contributed by atoms with Gasteiger partial charge in [-0.25, -0.2) is 22.7 Å². The molecule has 1 aliphatic heterocycles. The molecule has 0 radical (unpaired) electrons. The Balaban J connectivity index is 1.52. The molecule has 4 rings (SSSR count). The second kappa shape index (κ2) is 11.2. The van der Waals surface area contributed by atoms with Crippen LogP contribution in [0.2, 0.25) is 5.02 Å². The molecule has 0 aliphatic carbocycles. The Hall–Kier alpha value is -2.99. The number of nitrogens with one attached hydrogen (secondary N) is 2. The SMILES string of the molecule is Cc1nc(N2CCC(N(C)C)CC2)ccc1Nc1ncc(Cl)c(Nc2ccccc2S(=O)(=O)N(C)C)n1. The Labute approximate surface area is 223 Å². The van der Waals surface area contributed by atoms with Crippen LogP contribution in [-0.4, -0.2) is 79.9 Å². The molecule has 0 saturated carbocycles. The van der Waals surface area contributed by atoms with Crippen molar-refractivity contribution < 1.29 is 8.42 Å². The first-order valence-corrected chi connectivity index (χ1v) is 13.8. The third kappa shape index (κ3) is 6.12. The number of pyridine rings is 1. The van der Waals surface area contributed by atoms with Gasteiger partial charge in [0.15, 0.2) is 5.82 Å². The fraction of sp³-hybridized carbons (Fsp3) is 0.400. The molecule has 0 amide bonds. The van der Waals surface area contributed by atoms with Crippen molar-refractivity contribution in [2.24, 2.45) is 0 Å². The molecule has 198 valence electrons. The van der Waals surface area contributed by atoms with Gasteiger partial charge in [0.05, 0.1) is 23.3 Å². The van der Waals surface area contributed by atoms with Gasteiger partial charge in [0, 0.05) is 33.2 Å². The van der Waals surface area contributed by atoms with E-state index in [1.807, 2.05) is 19.1 Å². The molecule has 1 saturated heterocycles. The quantitative estimate of drug-likeness (QED) is 0.433. The maximum Gasteiger partial charge on any atom is 0.244 e. The molecule has 37 heavy (non-hydrogen) atoms. The number of hydrogen-bond acceptors (Lipinski definition) is 9. The minimum absolute atomic E-state index is 0.120. The molecule has 1 aromatic carbocycles. The van der Waals surface area contributed by atoms with E-state index in [1.54, 1.807) is 18.2 Å². The lowest BCUT2D eigenvalue weighted by Gasteiger charge is -2.36. The Morgan fingerprint density at radius 1 is 0.973 bits per heavy atom. The summed E-state index contributed by atoms with van der Waals surface area (Å²) in [5, 5.41) is 6.52. The van der Waals surface area contributed by atoms with E-state index in [9.17, 15) is 8.42 Å². The molecular weight excluding hydrogens is 512 g/mol. The molecule has 3 heterocycles. The van der Waals surface area contributed by atoms with Crippen LogP contribution in [0.15, 0.2) is 47.5 Å². The number of rotatable bonds is 8. The largest absolute Gasteiger partial charge is 0.356 e. The van der Waals surface area contributed by atoms with Crippen LogP contribution in [0.4, 0.5) is 29.0 Å². The number of piperidine rings is 1. The van der Waals surface area contributed by atoms with Gasteiger partial charge >= 0.3 is 0 Å². The van der Waals surface area contributed by atoms with Crippen LogP contribution in [0.1, 0.15) is 18.5 Å². The number of halogens is 1. The van der Waals surface area contributed by atoms with Crippen LogP contribution >= 0.6 is 11.6 Å². The molecule has 10 nitrogen and oxygen atoms in total. The van der Waals surface area contributed by atoms with Gasteiger partial charge in [-0.1, -0.05) is 23.7 Å². The summed E-state index contributed by atoms with van der Waals surface area (Å²) in [6.07, 6.45) is 3.69. The van der Waals surface area contributed by atoms with E-state index in [-0.39, 0.29) is 15.7 Å². The third-order valence-electron chi connectivity index (χ3n) is 6.48. The normalized spacial score (nSPS) is 14.9. The van der Waals surface area contributed by atoms with Crippen LogP contribution in [0.25, 0.3) is 0 Å². The molecule has 2 N–H and O–H groups in total. The van der Waals surface area contributed by atoms with Gasteiger partial charge in [-0.05, 0) is 58.1 Å². The van der Waals surface area contributed by atoms with Gasteiger partial charge in [-0.3, -0.25) is 0 Å². The Bertz CT molecular complexity index is 1360. The number of aryl methyl sites for hydroxylation is 1. The highest BCUT2D eigenvalue weighted by atomic mass is 35.5. The van der Waals surface area contributed by atoms with E-state index >= 15 is 0 Å². The summed E-state index contributed by atoms with van der Waals surface area (Å²) in [5.41, 5.74) is 1.96. The number of sulfonamides is 1. The zero-order chi connectivity index (χ0) is 26.7. The van der Waals surface area contributed by atoms with Crippen LogP contribution in [-0.2, 0) is 10.0 Å². The molecule has 3 aromatic rings. The first-order chi connectivity index (χ1) is 17.6. The van der Waals surface area contributed by atoms with Crippen molar-refractivity contribution in [3.63, 3.8) is 0 Å². The van der Waals surface area contributed by atoms with E-state index in [0.29, 0.717) is 17.7 Å². The number of benzene rings is 1. The summed E-state index contributed by atoms with van der Waals surface area (Å²) in [7, 11) is 3.56. The van der Waals surface area contributed by atoms with Crippen LogP contribution in [0, 0.1) is 6.92 Å². The predicted octanol–water partition coefficient (Wildman–Crippen LogP) is 4.10. The molecule has 0 atom stereocenters. The standard InChI is InChI=1S/C25H33ClN8O2S/c1-17-20(10-11-23(28-17)34-14-12-18(13-15-34)32(2)3)30-25-27-16-19(26)24(31-25)29-21-8-6-7-9-22(21)37(35,36)33(4)5/h6-11,16,18H,12-15H2,1-5H3,(H2,27,29,30,31). The van der Waals surface area contributed by atoms with Crippen LogP contribution < -0.4 is 15.5 Å². The predicted molar refractivity (Wildman–Crippen MR) is 149 cm³/mol. The van der Waals surface area contributed by atoms with Crippen molar-refractivity contribution in [1.29, 1.82) is 0 Å². The Morgan fingerprint density at radius 2 is 1.68 bits per heavy atom. The second-order valence-electron chi connectivity index (χ2n) is 9.41. The van der Waals surface area contributed by atoms with Crippen LogP contribution in [0.3, 0.4) is 0 Å². The average molecular weight is 545 g/mol. The molecule has 0 bridgehead atoms. The van der Waals surface area contributed by atoms with E-state index in [4.69, 9.17) is 16.6 Å². The smallest absolute Gasteiger partial charge is 0.244 e. The topological polar surface area (TPSA) is 107 Å². The lowest BCUT2D eigenvalue weighted by Crippen LogP contribution is -2.42. The van der Waals surface area contributed by atoms with Crippen molar-refractivity contribution in [3.8, 4) is 0 Å². The molecule has 2 aromatic heterocycles. The number of nitrogens with zero attached hydrogens (tertiary/aromatic N) is 6. The number of hydrogen-bond donors (Lipinski definition) is 2. The summed E-state index contributed by atoms with van der Waals surface area (Å²) in [4.78, 5) is 18.3. The zero-order valence-electron chi connectivity index (χ0n) is 21.7. The number of aromatic nitrogens is 3. The van der Waals surface area contributed by atoms with Crippen molar-refractivity contribution >= 4 is 50.6 Å². The third-order valence-corrected chi connectivity index (χ3v) is 8.63. The lowest BCUT2D eigenvalue weighted by atomic mass is 10.0. The van der Waals surface area contributed by atoms with Gasteiger partial charge in [0.2, 0.25) is 16.0 Å². The van der Waals surface area contributed by atoms with E-state index in [2.05, 4.69) is 44.5 Å². The monoisotopic (exact) mass is 544 g/mol. The molecule has 1 fully saturated rings. The average Bonchev–Trinajstić information content (AvgIpc) is 2.87. The first-order valence-electron chi connectivity index (χ1n) is 12.0. The highest BCUT2D eigenvalue weighted by Gasteiger charge is 2.23. The summed E-state index contributed by atoms with van der Waals surface area (Å²) >= 11 is 6.35. The Morgan fingerprint density at radius 3 is 2.32 bits per heavy atom. The highest BCUT2D eigenvalue weighted by molar-refractivity contribution is 7.89. The first kappa shape index (κ1) is 27.1. The number of para-hydroxylation sites is 1. The minimum Gasteiger partial charge on any atom is -0.356 e. The van der Waals surface area contributed by atoms with Gasteiger partial charge in [0.25, 0.3) is 0 Å². The Kier molecular flexibility index (Phi) is 8.17. The van der Waals surface area contributed by atoms with E-state index in [1.165, 1.54) is 26.4 Å². The maximum absolute atomic E-state index is 12.8. The zero-order valence-corrected chi connectivity index (χ0v) is 23.3. The molecule has 0 unspecified atom stereocenters. The fourth-order valence-corrected chi connectivity index (χ4v) is 5.40. The van der Waals surface area contributed by atoms with Gasteiger partial charge < -0.3 is 20.4 Å². The van der Waals surface area contributed by atoms with Crippen molar-refractivity contribution in [2.75, 3.05) is 56.8 Å². The van der Waals surface area contributed by atoms with Gasteiger partial charge in [-0.15, -0.1) is 0 Å². The van der Waals surface area contributed by atoms with Crippen molar-refractivity contribution in [2.45, 2.75) is 30.7 Å². The fourth-order valence-electron chi connectivity index (χ4n) is 4.22. The summed E-state index contributed by atoms with van der Waals surface area (Å²) in [5.74, 6) is 1.55. The minimum atomic E-state index is -3.67. The molecule has 1 aliphatic rings. The van der Waals surface area contributed by atoms with Gasteiger partial charge in [0.1, 0.15) is 15.7 Å².